The van der Waals surface area contributed by atoms with Crippen LogP contribution in [-0.2, 0) is 16.1 Å². The molecule has 2 aromatic carbocycles. The third-order valence-electron chi connectivity index (χ3n) is 4.05. The summed E-state index contributed by atoms with van der Waals surface area (Å²) < 4.78 is 11.0. The minimum atomic E-state index is -0.443. The number of carbonyl (C=O) groups excluding carboxylic acids is 2. The van der Waals surface area contributed by atoms with Crippen molar-refractivity contribution in [1.29, 1.82) is 0 Å². The quantitative estimate of drug-likeness (QED) is 0.782. The lowest BCUT2D eigenvalue weighted by atomic mass is 10.2. The highest BCUT2D eigenvalue weighted by atomic mass is 35.5. The Labute approximate surface area is 167 Å². The SMILES string of the molecule is CC(=O)NCC1CN(c2ccc(OCc3c(Cl)cccc3Cl)cc2)C(=O)O1. The third-order valence-corrected chi connectivity index (χ3v) is 4.75. The van der Waals surface area contributed by atoms with Crippen LogP contribution in [0.2, 0.25) is 10.0 Å². The van der Waals surface area contributed by atoms with Gasteiger partial charge in [0.1, 0.15) is 18.5 Å². The van der Waals surface area contributed by atoms with E-state index in [0.717, 1.165) is 0 Å². The first-order valence-corrected chi connectivity index (χ1v) is 9.08. The smallest absolute Gasteiger partial charge is 0.414 e. The molecule has 2 aromatic rings. The molecule has 3 rings (SSSR count). The summed E-state index contributed by atoms with van der Waals surface area (Å²) in [5.74, 6) is 0.460. The number of halogens is 2. The molecule has 0 saturated carbocycles. The molecule has 1 N–H and O–H groups in total. The lowest BCUT2D eigenvalue weighted by Crippen LogP contribution is -2.33. The van der Waals surface area contributed by atoms with Crippen molar-refractivity contribution in [3.05, 3.63) is 58.1 Å². The number of carbonyl (C=O) groups is 2. The second-order valence-electron chi connectivity index (χ2n) is 6.04. The van der Waals surface area contributed by atoms with Gasteiger partial charge in [0.15, 0.2) is 0 Å². The van der Waals surface area contributed by atoms with Gasteiger partial charge in [-0.2, -0.15) is 0 Å². The van der Waals surface area contributed by atoms with Crippen LogP contribution in [0.25, 0.3) is 0 Å². The Hall–Kier alpha value is -2.44. The van der Waals surface area contributed by atoms with E-state index in [1.165, 1.54) is 11.8 Å². The van der Waals surface area contributed by atoms with Gasteiger partial charge in [0.05, 0.1) is 13.1 Å². The Bertz CT molecular complexity index is 822. The lowest BCUT2D eigenvalue weighted by molar-refractivity contribution is -0.119. The van der Waals surface area contributed by atoms with Crippen molar-refractivity contribution >= 4 is 40.9 Å². The molecule has 142 valence electrons. The zero-order chi connectivity index (χ0) is 19.4. The summed E-state index contributed by atoms with van der Waals surface area (Å²) in [5, 5.41) is 3.74. The maximum atomic E-state index is 12.0. The van der Waals surface area contributed by atoms with E-state index in [1.807, 2.05) is 0 Å². The minimum Gasteiger partial charge on any atom is -0.489 e. The van der Waals surface area contributed by atoms with Crippen LogP contribution in [-0.4, -0.2) is 31.2 Å². The van der Waals surface area contributed by atoms with Crippen molar-refractivity contribution in [2.24, 2.45) is 0 Å². The largest absolute Gasteiger partial charge is 0.489 e. The maximum absolute atomic E-state index is 12.0. The van der Waals surface area contributed by atoms with Crippen LogP contribution < -0.4 is 15.0 Å². The Kier molecular flexibility index (Phi) is 6.08. The summed E-state index contributed by atoms with van der Waals surface area (Å²) in [5.41, 5.74) is 1.40. The van der Waals surface area contributed by atoms with Gasteiger partial charge in [0, 0.05) is 28.2 Å². The number of anilines is 1. The predicted octanol–water partition coefficient (Wildman–Crippen LogP) is 4.03. The first-order valence-electron chi connectivity index (χ1n) is 8.32. The van der Waals surface area contributed by atoms with Crippen LogP contribution in [0.4, 0.5) is 10.5 Å². The van der Waals surface area contributed by atoms with E-state index >= 15 is 0 Å². The Morgan fingerprint density at radius 1 is 1.22 bits per heavy atom. The van der Waals surface area contributed by atoms with Gasteiger partial charge in [0.25, 0.3) is 0 Å². The topological polar surface area (TPSA) is 67.9 Å². The fourth-order valence-electron chi connectivity index (χ4n) is 2.64. The zero-order valence-electron chi connectivity index (χ0n) is 14.6. The van der Waals surface area contributed by atoms with E-state index in [1.54, 1.807) is 42.5 Å². The molecule has 27 heavy (non-hydrogen) atoms. The average molecular weight is 409 g/mol. The first kappa shape index (κ1) is 19.3. The lowest BCUT2D eigenvalue weighted by Gasteiger charge is -2.14. The molecule has 1 heterocycles. The molecule has 0 aromatic heterocycles. The molecule has 0 bridgehead atoms. The van der Waals surface area contributed by atoms with E-state index in [-0.39, 0.29) is 25.2 Å². The summed E-state index contributed by atoms with van der Waals surface area (Å²) in [6.07, 6.45) is -0.818. The van der Waals surface area contributed by atoms with Crippen LogP contribution >= 0.6 is 23.2 Å². The number of hydrogen-bond donors (Lipinski definition) is 1. The van der Waals surface area contributed by atoms with Crippen molar-refractivity contribution in [2.75, 3.05) is 18.0 Å². The van der Waals surface area contributed by atoms with E-state index in [9.17, 15) is 9.59 Å². The number of rotatable bonds is 6. The van der Waals surface area contributed by atoms with Crippen molar-refractivity contribution in [1.82, 2.24) is 5.32 Å². The fraction of sp³-hybridized carbons (Fsp3) is 0.263. The zero-order valence-corrected chi connectivity index (χ0v) is 16.1. The summed E-state index contributed by atoms with van der Waals surface area (Å²) in [6, 6.07) is 12.3. The van der Waals surface area contributed by atoms with Crippen LogP contribution in [0.5, 0.6) is 5.75 Å². The number of nitrogens with zero attached hydrogens (tertiary/aromatic N) is 1. The molecule has 2 amide bonds. The van der Waals surface area contributed by atoms with Crippen molar-refractivity contribution in [3.8, 4) is 5.75 Å². The standard InChI is InChI=1S/C19H18Cl2N2O4/c1-12(24)22-9-15-10-23(19(25)27-15)13-5-7-14(8-6-13)26-11-16-17(20)3-2-4-18(16)21/h2-8,15H,9-11H2,1H3,(H,22,24). The second kappa shape index (κ2) is 8.50. The minimum absolute atomic E-state index is 0.162. The second-order valence-corrected chi connectivity index (χ2v) is 6.85. The highest BCUT2D eigenvalue weighted by molar-refractivity contribution is 6.35. The monoisotopic (exact) mass is 408 g/mol. The van der Waals surface area contributed by atoms with E-state index in [2.05, 4.69) is 5.32 Å². The molecule has 1 aliphatic rings. The van der Waals surface area contributed by atoms with Gasteiger partial charge in [-0.15, -0.1) is 0 Å². The van der Waals surface area contributed by atoms with Gasteiger partial charge in [-0.05, 0) is 36.4 Å². The fourth-order valence-corrected chi connectivity index (χ4v) is 3.15. The number of benzene rings is 2. The molecule has 0 radical (unpaired) electrons. The highest BCUT2D eigenvalue weighted by Crippen LogP contribution is 2.27. The molecule has 8 heteroatoms. The van der Waals surface area contributed by atoms with E-state index in [4.69, 9.17) is 32.7 Å². The van der Waals surface area contributed by atoms with Crippen LogP contribution in [0.1, 0.15) is 12.5 Å². The maximum Gasteiger partial charge on any atom is 0.414 e. The third kappa shape index (κ3) is 4.84. The molecular weight excluding hydrogens is 391 g/mol. The van der Waals surface area contributed by atoms with Gasteiger partial charge in [-0.1, -0.05) is 29.3 Å². The van der Waals surface area contributed by atoms with Crippen molar-refractivity contribution in [2.45, 2.75) is 19.6 Å². The number of amides is 2. The number of cyclic esters (lactones) is 1. The summed E-state index contributed by atoms with van der Waals surface area (Å²) >= 11 is 12.3. The number of hydrogen-bond acceptors (Lipinski definition) is 4. The van der Waals surface area contributed by atoms with Crippen molar-refractivity contribution in [3.63, 3.8) is 0 Å². The molecule has 1 unspecified atom stereocenters. The predicted molar refractivity (Wildman–Crippen MR) is 104 cm³/mol. The van der Waals surface area contributed by atoms with Gasteiger partial charge in [0.2, 0.25) is 5.91 Å². The Balaban J connectivity index is 1.60. The molecule has 0 aliphatic carbocycles. The average Bonchev–Trinajstić information content (AvgIpc) is 3.01. The molecule has 1 fully saturated rings. The van der Waals surface area contributed by atoms with Crippen LogP contribution in [0.15, 0.2) is 42.5 Å². The number of nitrogens with one attached hydrogen (secondary N) is 1. The van der Waals surface area contributed by atoms with Gasteiger partial charge in [-0.3, -0.25) is 9.69 Å². The van der Waals surface area contributed by atoms with Gasteiger partial charge < -0.3 is 14.8 Å². The van der Waals surface area contributed by atoms with E-state index in [0.29, 0.717) is 33.6 Å². The Morgan fingerprint density at radius 2 is 1.89 bits per heavy atom. The molecule has 1 atom stereocenters. The van der Waals surface area contributed by atoms with Crippen LogP contribution in [0, 0.1) is 0 Å². The molecular formula is C19H18Cl2N2O4. The molecule has 1 saturated heterocycles. The van der Waals surface area contributed by atoms with Crippen LogP contribution in [0.3, 0.4) is 0 Å². The molecule has 6 nitrogen and oxygen atoms in total. The van der Waals surface area contributed by atoms with E-state index < -0.39 is 6.09 Å². The normalized spacial score (nSPS) is 16.2. The Morgan fingerprint density at radius 3 is 2.52 bits per heavy atom. The summed E-state index contributed by atoms with van der Waals surface area (Å²) in [7, 11) is 0. The molecule has 0 spiro atoms. The first-order chi connectivity index (χ1) is 12.9. The van der Waals surface area contributed by atoms with Crippen molar-refractivity contribution < 1.29 is 19.1 Å². The van der Waals surface area contributed by atoms with Gasteiger partial charge >= 0.3 is 6.09 Å². The summed E-state index contributed by atoms with van der Waals surface area (Å²) in [4.78, 5) is 24.5. The summed E-state index contributed by atoms with van der Waals surface area (Å²) in [6.45, 7) is 2.32. The van der Waals surface area contributed by atoms with Gasteiger partial charge in [-0.25, -0.2) is 4.79 Å². The number of ether oxygens (including phenoxy) is 2. The highest BCUT2D eigenvalue weighted by Gasteiger charge is 2.32. The molecule has 1 aliphatic heterocycles.